The van der Waals surface area contributed by atoms with Crippen LogP contribution in [0.2, 0.25) is 5.02 Å². The van der Waals surface area contributed by atoms with Gasteiger partial charge in [0, 0.05) is 39.8 Å². The number of fused-ring (bicyclic) bond motifs is 1. The molecule has 3 heterocycles. The molecule has 0 saturated heterocycles. The Morgan fingerprint density at radius 3 is 2.64 bits per heavy atom. The van der Waals surface area contributed by atoms with Crippen LogP contribution in [0.25, 0.3) is 22.2 Å². The second-order valence-electron chi connectivity index (χ2n) is 7.59. The van der Waals surface area contributed by atoms with Crippen molar-refractivity contribution in [2.24, 2.45) is 0 Å². The topological polar surface area (TPSA) is 83.0 Å². The number of carbonyl (C=O) groups excluding carboxylic acids is 1. The van der Waals surface area contributed by atoms with Gasteiger partial charge in [-0.25, -0.2) is 0 Å². The fourth-order valence-electron chi connectivity index (χ4n) is 3.93. The molecule has 5 rings (SSSR count). The Kier molecular flexibility index (Phi) is 5.40. The van der Waals surface area contributed by atoms with Gasteiger partial charge >= 0.3 is 0 Å². The van der Waals surface area contributed by atoms with Gasteiger partial charge in [-0.3, -0.25) is 4.79 Å². The Labute approximate surface area is 194 Å². The molecule has 0 aliphatic heterocycles. The van der Waals surface area contributed by atoms with Crippen LogP contribution in [0.5, 0.6) is 5.75 Å². The van der Waals surface area contributed by atoms with Crippen molar-refractivity contribution in [3.05, 3.63) is 94.6 Å². The molecule has 0 spiro atoms. The summed E-state index contributed by atoms with van der Waals surface area (Å²) in [5.74, 6) is 0.570. The molecule has 0 atom stereocenters. The van der Waals surface area contributed by atoms with Crippen molar-refractivity contribution in [3.8, 4) is 17.0 Å². The first kappa shape index (κ1) is 20.9. The minimum Gasteiger partial charge on any atom is -0.497 e. The number of benzene rings is 2. The van der Waals surface area contributed by atoms with Gasteiger partial charge in [-0.05, 0) is 48.9 Å². The van der Waals surface area contributed by atoms with E-state index in [-0.39, 0.29) is 11.5 Å². The average molecular weight is 459 g/mol. The SMILES string of the molecule is COc1ccc2c(c1)c(C(=O)c1cc(-c3ccnnc3)no1)c(C)n2Cc1ccc(Cl)cc1. The average Bonchev–Trinajstić information content (AvgIpc) is 3.44. The monoisotopic (exact) mass is 458 g/mol. The molecule has 0 fully saturated rings. The molecule has 0 unspecified atom stereocenters. The number of nitrogens with zero attached hydrogens (tertiary/aromatic N) is 4. The van der Waals surface area contributed by atoms with Crippen LogP contribution in [-0.4, -0.2) is 32.8 Å². The Hall–Kier alpha value is -3.97. The number of methoxy groups -OCH3 is 1. The van der Waals surface area contributed by atoms with E-state index >= 15 is 0 Å². The van der Waals surface area contributed by atoms with Crippen LogP contribution >= 0.6 is 11.6 Å². The van der Waals surface area contributed by atoms with Crippen molar-refractivity contribution >= 4 is 28.3 Å². The molecule has 0 bridgehead atoms. The lowest BCUT2D eigenvalue weighted by Gasteiger charge is -2.09. The number of aromatic nitrogens is 4. The van der Waals surface area contributed by atoms with Crippen molar-refractivity contribution < 1.29 is 14.1 Å². The summed E-state index contributed by atoms with van der Waals surface area (Å²) in [7, 11) is 1.60. The first-order valence-electron chi connectivity index (χ1n) is 10.2. The summed E-state index contributed by atoms with van der Waals surface area (Å²) < 4.78 is 13.0. The summed E-state index contributed by atoms with van der Waals surface area (Å²) >= 11 is 6.05. The van der Waals surface area contributed by atoms with Crippen molar-refractivity contribution in [2.45, 2.75) is 13.5 Å². The first-order valence-corrected chi connectivity index (χ1v) is 10.6. The summed E-state index contributed by atoms with van der Waals surface area (Å²) in [4.78, 5) is 13.6. The zero-order valence-corrected chi connectivity index (χ0v) is 18.7. The molecule has 164 valence electrons. The number of hydrogen-bond acceptors (Lipinski definition) is 6. The largest absolute Gasteiger partial charge is 0.497 e. The van der Waals surface area contributed by atoms with Crippen LogP contribution in [0.15, 0.2) is 71.5 Å². The molecule has 0 radical (unpaired) electrons. The third-order valence-electron chi connectivity index (χ3n) is 5.63. The second-order valence-corrected chi connectivity index (χ2v) is 8.03. The zero-order chi connectivity index (χ0) is 22.9. The quantitative estimate of drug-likeness (QED) is 0.319. The molecule has 2 aromatic carbocycles. The molecule has 0 amide bonds. The highest BCUT2D eigenvalue weighted by molar-refractivity contribution is 6.30. The van der Waals surface area contributed by atoms with Gasteiger partial charge in [-0.2, -0.15) is 10.2 Å². The fourth-order valence-corrected chi connectivity index (χ4v) is 4.06. The Bertz CT molecular complexity index is 1460. The highest BCUT2D eigenvalue weighted by Gasteiger charge is 2.25. The lowest BCUT2D eigenvalue weighted by Crippen LogP contribution is -2.05. The summed E-state index contributed by atoms with van der Waals surface area (Å²) in [5, 5.41) is 13.1. The van der Waals surface area contributed by atoms with Crippen LogP contribution in [0, 0.1) is 6.92 Å². The van der Waals surface area contributed by atoms with Gasteiger partial charge in [0.15, 0.2) is 0 Å². The van der Waals surface area contributed by atoms with Crippen LogP contribution in [-0.2, 0) is 6.54 Å². The van der Waals surface area contributed by atoms with Crippen molar-refractivity contribution in [1.29, 1.82) is 0 Å². The predicted octanol–water partition coefficient (Wildman–Crippen LogP) is 5.34. The van der Waals surface area contributed by atoms with Crippen molar-refractivity contribution in [2.75, 3.05) is 7.11 Å². The molecule has 7 nitrogen and oxygen atoms in total. The number of hydrogen-bond donors (Lipinski definition) is 0. The van der Waals surface area contributed by atoms with E-state index in [0.717, 1.165) is 27.7 Å². The molecule has 0 aliphatic carbocycles. The van der Waals surface area contributed by atoms with Gasteiger partial charge in [0.05, 0.1) is 25.1 Å². The molecule has 0 N–H and O–H groups in total. The smallest absolute Gasteiger partial charge is 0.233 e. The molecule has 33 heavy (non-hydrogen) atoms. The summed E-state index contributed by atoms with van der Waals surface area (Å²) in [6.45, 7) is 2.52. The van der Waals surface area contributed by atoms with Crippen molar-refractivity contribution in [3.63, 3.8) is 0 Å². The summed E-state index contributed by atoms with van der Waals surface area (Å²) in [6, 6.07) is 16.8. The maximum absolute atomic E-state index is 13.6. The Balaban J connectivity index is 1.61. The molecule has 0 aliphatic rings. The Morgan fingerprint density at radius 1 is 1.09 bits per heavy atom. The van der Waals surface area contributed by atoms with E-state index in [4.69, 9.17) is 20.9 Å². The summed E-state index contributed by atoms with van der Waals surface area (Å²) in [5.41, 5.74) is 4.60. The van der Waals surface area contributed by atoms with Gasteiger partial charge in [-0.15, -0.1) is 0 Å². The maximum atomic E-state index is 13.6. The number of carbonyl (C=O) groups is 1. The third kappa shape index (κ3) is 3.87. The first-order chi connectivity index (χ1) is 16.0. The van der Waals surface area contributed by atoms with E-state index < -0.39 is 0 Å². The minimum atomic E-state index is -0.249. The van der Waals surface area contributed by atoms with Gasteiger partial charge in [0.25, 0.3) is 0 Å². The predicted molar refractivity (Wildman–Crippen MR) is 125 cm³/mol. The second kappa shape index (κ2) is 8.52. The Morgan fingerprint density at radius 2 is 1.91 bits per heavy atom. The summed E-state index contributed by atoms with van der Waals surface area (Å²) in [6.07, 6.45) is 3.13. The van der Waals surface area contributed by atoms with Crippen molar-refractivity contribution in [1.82, 2.24) is 19.9 Å². The lowest BCUT2D eigenvalue weighted by atomic mass is 10.0. The molecular weight excluding hydrogens is 440 g/mol. The normalized spacial score (nSPS) is 11.1. The van der Waals surface area contributed by atoms with Crippen LogP contribution in [0.1, 0.15) is 27.4 Å². The van der Waals surface area contributed by atoms with Crippen LogP contribution < -0.4 is 4.74 Å². The van der Waals surface area contributed by atoms with E-state index in [2.05, 4.69) is 19.9 Å². The standard InChI is InChI=1S/C25H19ClN4O3/c1-15-24(25(31)23-12-21(29-33-23)17-9-10-27-28-13-17)20-11-19(32-2)7-8-22(20)30(15)14-16-3-5-18(26)6-4-16/h3-13H,14H2,1-2H3. The highest BCUT2D eigenvalue weighted by atomic mass is 35.5. The van der Waals surface area contributed by atoms with Crippen LogP contribution in [0.4, 0.5) is 0 Å². The van der Waals surface area contributed by atoms with Gasteiger partial charge in [-0.1, -0.05) is 28.9 Å². The zero-order valence-electron chi connectivity index (χ0n) is 17.9. The van der Waals surface area contributed by atoms with E-state index in [1.54, 1.807) is 31.6 Å². The van der Waals surface area contributed by atoms with E-state index in [0.29, 0.717) is 28.6 Å². The van der Waals surface area contributed by atoms with Crippen LogP contribution in [0.3, 0.4) is 0 Å². The molecule has 5 aromatic rings. The number of halogens is 1. The molecule has 8 heteroatoms. The molecule has 0 saturated carbocycles. The minimum absolute atomic E-state index is 0.151. The van der Waals surface area contributed by atoms with E-state index in [1.807, 2.05) is 49.4 Å². The molecule has 3 aromatic heterocycles. The number of rotatable bonds is 6. The van der Waals surface area contributed by atoms with Gasteiger partial charge in [0.1, 0.15) is 11.4 Å². The fraction of sp³-hybridized carbons (Fsp3) is 0.120. The highest BCUT2D eigenvalue weighted by Crippen LogP contribution is 2.32. The number of ketones is 1. The van der Waals surface area contributed by atoms with E-state index in [9.17, 15) is 4.79 Å². The third-order valence-corrected chi connectivity index (χ3v) is 5.88. The van der Waals surface area contributed by atoms with Gasteiger partial charge in [0.2, 0.25) is 11.5 Å². The number of ether oxygens (including phenoxy) is 1. The van der Waals surface area contributed by atoms with E-state index in [1.165, 1.54) is 0 Å². The lowest BCUT2D eigenvalue weighted by molar-refractivity contribution is 0.100. The van der Waals surface area contributed by atoms with Gasteiger partial charge < -0.3 is 13.8 Å². The maximum Gasteiger partial charge on any atom is 0.233 e. The molecular formula is C25H19ClN4O3.